The van der Waals surface area contributed by atoms with Gasteiger partial charge in [-0.05, 0) is 49.2 Å². The van der Waals surface area contributed by atoms with Crippen molar-refractivity contribution < 1.29 is 18.1 Å². The summed E-state index contributed by atoms with van der Waals surface area (Å²) in [5.74, 6) is 0.313. The van der Waals surface area contributed by atoms with E-state index in [0.717, 1.165) is 17.4 Å². The van der Waals surface area contributed by atoms with Crippen molar-refractivity contribution in [2.45, 2.75) is 18.7 Å². The summed E-state index contributed by atoms with van der Waals surface area (Å²) in [6.45, 7) is 3.83. The molecule has 2 aromatic carbocycles. The fourth-order valence-corrected chi connectivity index (χ4v) is 2.82. The summed E-state index contributed by atoms with van der Waals surface area (Å²) in [6.07, 6.45) is 0.926. The molecule has 0 aliphatic carbocycles. The number of rotatable bonds is 4. The molecular weight excluding hydrogens is 306 g/mol. The smallest absolute Gasteiger partial charge is 0.330 e. The summed E-state index contributed by atoms with van der Waals surface area (Å²) in [7, 11) is -3.73. The molecule has 0 amide bonds. The third-order valence-electron chi connectivity index (χ3n) is 3.25. The van der Waals surface area contributed by atoms with Crippen LogP contribution in [0.1, 0.15) is 11.1 Å². The molecule has 2 aromatic rings. The van der Waals surface area contributed by atoms with Gasteiger partial charge in [-0.15, -0.1) is 0 Å². The minimum absolute atomic E-state index is 0.101. The highest BCUT2D eigenvalue weighted by molar-refractivity contribution is 7.90. The maximum absolute atomic E-state index is 11.7. The van der Waals surface area contributed by atoms with Crippen LogP contribution in [0, 0.1) is 24.0 Å². The Kier molecular flexibility index (Phi) is 4.18. The Labute approximate surface area is 128 Å². The minimum atomic E-state index is -3.73. The van der Waals surface area contributed by atoms with E-state index in [1.165, 1.54) is 18.2 Å². The summed E-state index contributed by atoms with van der Waals surface area (Å²) in [5, 5.41) is 11.3. The number of para-hydroxylation sites is 1. The number of aryl methyl sites for hydroxylation is 2. The number of hydrogen-bond donors (Lipinski definition) is 0. The summed E-state index contributed by atoms with van der Waals surface area (Å²) in [6, 6.07) is 9.24. The normalized spacial score (nSPS) is 11.2. The minimum Gasteiger partial charge on any atom is -0.450 e. The lowest BCUT2D eigenvalue weighted by Crippen LogP contribution is -2.04. The Hall–Kier alpha value is -2.41. The van der Waals surface area contributed by atoms with Crippen LogP contribution >= 0.6 is 0 Å². The second kappa shape index (κ2) is 5.76. The number of ether oxygens (including phenoxy) is 1. The zero-order chi connectivity index (χ0) is 16.5. The summed E-state index contributed by atoms with van der Waals surface area (Å²) in [5.41, 5.74) is 1.48. The largest absolute Gasteiger partial charge is 0.450 e. The predicted molar refractivity (Wildman–Crippen MR) is 82.2 cm³/mol. The van der Waals surface area contributed by atoms with Gasteiger partial charge < -0.3 is 4.74 Å². The molecule has 0 spiro atoms. The van der Waals surface area contributed by atoms with Crippen LogP contribution in [0.5, 0.6) is 11.5 Å². The van der Waals surface area contributed by atoms with E-state index in [1.807, 2.05) is 19.9 Å². The van der Waals surface area contributed by atoms with E-state index in [4.69, 9.17) is 4.74 Å². The second-order valence-corrected chi connectivity index (χ2v) is 6.96. The topological polar surface area (TPSA) is 86.5 Å². The number of nitro benzene ring substituents is 1. The number of nitrogens with zero attached hydrogens (tertiary/aromatic N) is 1. The third kappa shape index (κ3) is 3.25. The van der Waals surface area contributed by atoms with E-state index in [-0.39, 0.29) is 10.6 Å². The van der Waals surface area contributed by atoms with Gasteiger partial charge in [0.2, 0.25) is 5.75 Å². The Bertz CT molecular complexity index is 843. The van der Waals surface area contributed by atoms with Crippen molar-refractivity contribution in [3.8, 4) is 11.5 Å². The zero-order valence-electron chi connectivity index (χ0n) is 12.4. The molecule has 0 bridgehead atoms. The first kappa shape index (κ1) is 16.0. The molecular formula is C15H15NO5S. The van der Waals surface area contributed by atoms with E-state index in [0.29, 0.717) is 5.75 Å². The highest BCUT2D eigenvalue weighted by Crippen LogP contribution is 2.36. The molecule has 0 aromatic heterocycles. The van der Waals surface area contributed by atoms with Crippen LogP contribution in [0.3, 0.4) is 0 Å². The van der Waals surface area contributed by atoms with Gasteiger partial charge in [0.25, 0.3) is 0 Å². The lowest BCUT2D eigenvalue weighted by Gasteiger charge is -2.10. The first-order chi connectivity index (χ1) is 10.2. The van der Waals surface area contributed by atoms with Gasteiger partial charge in [-0.1, -0.05) is 12.1 Å². The Balaban J connectivity index is 2.56. The summed E-state index contributed by atoms with van der Waals surface area (Å²) in [4.78, 5) is 10.2. The van der Waals surface area contributed by atoms with Gasteiger partial charge in [0.05, 0.1) is 4.92 Å². The van der Waals surface area contributed by atoms with Crippen molar-refractivity contribution in [1.82, 2.24) is 0 Å². The van der Waals surface area contributed by atoms with Crippen LogP contribution in [-0.2, 0) is 9.84 Å². The molecule has 0 heterocycles. The molecule has 0 radical (unpaired) electrons. The van der Waals surface area contributed by atoms with Crippen molar-refractivity contribution in [3.05, 3.63) is 57.6 Å². The molecule has 7 heteroatoms. The molecule has 6 nitrogen and oxygen atoms in total. The van der Waals surface area contributed by atoms with Gasteiger partial charge in [0, 0.05) is 6.26 Å². The fraction of sp³-hybridized carbons (Fsp3) is 0.200. The Morgan fingerprint density at radius 1 is 1.09 bits per heavy atom. The van der Waals surface area contributed by atoms with E-state index >= 15 is 0 Å². The molecule has 0 aliphatic heterocycles. The lowest BCUT2D eigenvalue weighted by atomic mass is 10.1. The molecule has 0 fully saturated rings. The second-order valence-electron chi connectivity index (χ2n) is 4.98. The number of benzene rings is 2. The standard InChI is InChI=1S/C15H15NO5S/c1-10-7-8-12(9-11(10)2)21-13-5-4-6-14(22(3,19)20)15(13)16(17)18/h4-9H,1-3H3. The molecule has 0 aliphatic rings. The van der Waals surface area contributed by atoms with Crippen LogP contribution in [0.4, 0.5) is 5.69 Å². The average molecular weight is 321 g/mol. The first-order valence-corrected chi connectivity index (χ1v) is 8.32. The van der Waals surface area contributed by atoms with Crippen molar-refractivity contribution in [3.63, 3.8) is 0 Å². The van der Waals surface area contributed by atoms with Gasteiger partial charge in [-0.2, -0.15) is 0 Å². The van der Waals surface area contributed by atoms with E-state index in [1.54, 1.807) is 12.1 Å². The van der Waals surface area contributed by atoms with Crippen LogP contribution in [0.25, 0.3) is 0 Å². The maximum atomic E-state index is 11.7. The highest BCUT2D eigenvalue weighted by atomic mass is 32.2. The SMILES string of the molecule is Cc1ccc(Oc2cccc(S(C)(=O)=O)c2[N+](=O)[O-])cc1C. The fourth-order valence-electron chi connectivity index (χ4n) is 1.97. The van der Waals surface area contributed by atoms with E-state index < -0.39 is 20.4 Å². The third-order valence-corrected chi connectivity index (χ3v) is 4.38. The van der Waals surface area contributed by atoms with Crippen LogP contribution in [-0.4, -0.2) is 19.6 Å². The average Bonchev–Trinajstić information content (AvgIpc) is 2.41. The quantitative estimate of drug-likeness (QED) is 0.636. The van der Waals surface area contributed by atoms with Gasteiger partial charge in [0.15, 0.2) is 9.84 Å². The van der Waals surface area contributed by atoms with Gasteiger partial charge in [-0.3, -0.25) is 10.1 Å². The van der Waals surface area contributed by atoms with Gasteiger partial charge in [-0.25, -0.2) is 8.42 Å². The summed E-state index contributed by atoms with van der Waals surface area (Å²) >= 11 is 0. The monoisotopic (exact) mass is 321 g/mol. The van der Waals surface area contributed by atoms with Crippen molar-refractivity contribution in [2.24, 2.45) is 0 Å². The molecule has 0 saturated heterocycles. The molecule has 0 unspecified atom stereocenters. The van der Waals surface area contributed by atoms with Crippen molar-refractivity contribution in [1.29, 1.82) is 0 Å². The Morgan fingerprint density at radius 2 is 1.77 bits per heavy atom. The van der Waals surface area contributed by atoms with Crippen LogP contribution in [0.15, 0.2) is 41.3 Å². The molecule has 0 saturated carbocycles. The molecule has 0 N–H and O–H groups in total. The maximum Gasteiger partial charge on any atom is 0.330 e. The van der Waals surface area contributed by atoms with Crippen molar-refractivity contribution in [2.75, 3.05) is 6.26 Å². The van der Waals surface area contributed by atoms with Crippen LogP contribution in [0.2, 0.25) is 0 Å². The number of sulfone groups is 1. The first-order valence-electron chi connectivity index (χ1n) is 6.42. The molecule has 22 heavy (non-hydrogen) atoms. The highest BCUT2D eigenvalue weighted by Gasteiger charge is 2.27. The van der Waals surface area contributed by atoms with E-state index in [9.17, 15) is 18.5 Å². The molecule has 2 rings (SSSR count). The Morgan fingerprint density at radius 3 is 2.32 bits per heavy atom. The summed E-state index contributed by atoms with van der Waals surface area (Å²) < 4.78 is 28.9. The van der Waals surface area contributed by atoms with Crippen LogP contribution < -0.4 is 4.74 Å². The predicted octanol–water partition coefficient (Wildman–Crippen LogP) is 3.41. The van der Waals surface area contributed by atoms with Gasteiger partial charge >= 0.3 is 5.69 Å². The molecule has 116 valence electrons. The number of hydrogen-bond acceptors (Lipinski definition) is 5. The lowest BCUT2D eigenvalue weighted by molar-refractivity contribution is -0.388. The van der Waals surface area contributed by atoms with E-state index in [2.05, 4.69) is 0 Å². The zero-order valence-corrected chi connectivity index (χ0v) is 13.2. The molecule has 0 atom stereocenters. The van der Waals surface area contributed by atoms with Gasteiger partial charge in [0.1, 0.15) is 10.6 Å². The number of nitro groups is 1. The van der Waals surface area contributed by atoms with Crippen molar-refractivity contribution >= 4 is 15.5 Å².